The van der Waals surface area contributed by atoms with E-state index in [1.807, 2.05) is 0 Å². The predicted molar refractivity (Wildman–Crippen MR) is 69.4 cm³/mol. The van der Waals surface area contributed by atoms with E-state index in [-0.39, 0.29) is 5.75 Å². The van der Waals surface area contributed by atoms with Crippen molar-refractivity contribution in [1.29, 1.82) is 0 Å². The van der Waals surface area contributed by atoms with E-state index in [0.717, 1.165) is 19.6 Å². The fourth-order valence-electron chi connectivity index (χ4n) is 1.70. The van der Waals surface area contributed by atoms with Crippen LogP contribution in [-0.4, -0.2) is 37.4 Å². The van der Waals surface area contributed by atoms with Crippen molar-refractivity contribution >= 4 is 5.69 Å². The van der Waals surface area contributed by atoms with E-state index in [0.29, 0.717) is 12.2 Å². The van der Waals surface area contributed by atoms with Gasteiger partial charge in [0, 0.05) is 24.8 Å². The number of hydrogen-bond acceptors (Lipinski definition) is 3. The Labute approximate surface area is 111 Å². The lowest BCUT2D eigenvalue weighted by Gasteiger charge is -2.18. The van der Waals surface area contributed by atoms with Crippen molar-refractivity contribution < 1.29 is 17.9 Å². The molecule has 108 valence electrons. The zero-order valence-electron chi connectivity index (χ0n) is 11.1. The van der Waals surface area contributed by atoms with Crippen LogP contribution in [0, 0.1) is 0 Å². The number of ether oxygens (including phenoxy) is 1. The van der Waals surface area contributed by atoms with Gasteiger partial charge in [0.05, 0.1) is 0 Å². The molecule has 0 saturated heterocycles. The lowest BCUT2D eigenvalue weighted by atomic mass is 10.3. The summed E-state index contributed by atoms with van der Waals surface area (Å²) in [5, 5.41) is 3.08. The monoisotopic (exact) mass is 276 g/mol. The fourth-order valence-corrected chi connectivity index (χ4v) is 1.70. The first-order valence-corrected chi connectivity index (χ1v) is 6.26. The van der Waals surface area contributed by atoms with Crippen LogP contribution in [0.3, 0.4) is 0 Å². The Kier molecular flexibility index (Phi) is 5.95. The normalized spacial score (nSPS) is 11.7. The van der Waals surface area contributed by atoms with Crippen LogP contribution in [0.25, 0.3) is 0 Å². The van der Waals surface area contributed by atoms with E-state index in [1.54, 1.807) is 6.07 Å². The third-order valence-electron chi connectivity index (χ3n) is 2.72. The average molecular weight is 276 g/mol. The summed E-state index contributed by atoms with van der Waals surface area (Å²) in [5.74, 6) is -0.208. The summed E-state index contributed by atoms with van der Waals surface area (Å²) < 4.78 is 40.1. The van der Waals surface area contributed by atoms with Crippen molar-refractivity contribution in [2.24, 2.45) is 0 Å². The van der Waals surface area contributed by atoms with Crippen LogP contribution >= 0.6 is 0 Å². The van der Waals surface area contributed by atoms with Gasteiger partial charge in [-0.25, -0.2) is 0 Å². The van der Waals surface area contributed by atoms with Gasteiger partial charge in [0.1, 0.15) is 5.75 Å². The number of hydrogen-bond donors (Lipinski definition) is 1. The Balaban J connectivity index is 2.48. The van der Waals surface area contributed by atoms with Gasteiger partial charge in [0.15, 0.2) is 0 Å². The third kappa shape index (κ3) is 6.33. The van der Waals surface area contributed by atoms with Crippen molar-refractivity contribution in [1.82, 2.24) is 4.90 Å². The van der Waals surface area contributed by atoms with Crippen molar-refractivity contribution in [3.63, 3.8) is 0 Å². The minimum Gasteiger partial charge on any atom is -0.406 e. The van der Waals surface area contributed by atoms with Gasteiger partial charge in [0.25, 0.3) is 0 Å². The molecule has 0 aliphatic heterocycles. The quantitative estimate of drug-likeness (QED) is 0.826. The third-order valence-corrected chi connectivity index (χ3v) is 2.72. The molecule has 0 heterocycles. The second kappa shape index (κ2) is 7.23. The smallest absolute Gasteiger partial charge is 0.406 e. The molecule has 0 spiro atoms. The van der Waals surface area contributed by atoms with Crippen LogP contribution < -0.4 is 10.1 Å². The number of rotatable bonds is 7. The molecular weight excluding hydrogens is 257 g/mol. The van der Waals surface area contributed by atoms with Crippen LogP contribution in [0.1, 0.15) is 13.8 Å². The van der Waals surface area contributed by atoms with Crippen molar-refractivity contribution in [2.75, 3.05) is 31.5 Å². The van der Waals surface area contributed by atoms with Crippen LogP contribution in [0.15, 0.2) is 24.3 Å². The van der Waals surface area contributed by atoms with Crippen molar-refractivity contribution in [3.8, 4) is 5.75 Å². The summed E-state index contributed by atoms with van der Waals surface area (Å²) in [4.78, 5) is 2.23. The van der Waals surface area contributed by atoms with E-state index in [1.165, 1.54) is 18.2 Å². The van der Waals surface area contributed by atoms with E-state index >= 15 is 0 Å². The van der Waals surface area contributed by atoms with Gasteiger partial charge in [0.2, 0.25) is 0 Å². The first-order valence-electron chi connectivity index (χ1n) is 6.26. The highest BCUT2D eigenvalue weighted by Crippen LogP contribution is 2.24. The molecule has 1 rings (SSSR count). The maximum Gasteiger partial charge on any atom is 0.573 e. The Bertz CT molecular complexity index is 378. The van der Waals surface area contributed by atoms with E-state index < -0.39 is 6.36 Å². The first kappa shape index (κ1) is 15.6. The maximum absolute atomic E-state index is 12.1. The maximum atomic E-state index is 12.1. The van der Waals surface area contributed by atoms with Crippen LogP contribution in [0.2, 0.25) is 0 Å². The van der Waals surface area contributed by atoms with Crippen LogP contribution in [0.4, 0.5) is 18.9 Å². The number of halogens is 3. The molecule has 0 amide bonds. The fraction of sp³-hybridized carbons (Fsp3) is 0.538. The molecule has 0 aliphatic carbocycles. The van der Waals surface area contributed by atoms with Gasteiger partial charge in [-0.3, -0.25) is 0 Å². The highest BCUT2D eigenvalue weighted by Gasteiger charge is 2.31. The summed E-state index contributed by atoms with van der Waals surface area (Å²) in [5.41, 5.74) is 0.619. The zero-order valence-corrected chi connectivity index (χ0v) is 11.1. The second-order valence-corrected chi connectivity index (χ2v) is 4.03. The molecule has 0 saturated carbocycles. The predicted octanol–water partition coefficient (Wildman–Crippen LogP) is 3.34. The minimum atomic E-state index is -4.65. The first-order chi connectivity index (χ1) is 8.94. The number of benzene rings is 1. The largest absolute Gasteiger partial charge is 0.573 e. The lowest BCUT2D eigenvalue weighted by molar-refractivity contribution is -0.274. The molecule has 0 unspecified atom stereocenters. The minimum absolute atomic E-state index is 0.208. The average Bonchev–Trinajstić information content (AvgIpc) is 2.33. The molecule has 6 heteroatoms. The lowest BCUT2D eigenvalue weighted by Crippen LogP contribution is -2.28. The number of anilines is 1. The Morgan fingerprint density at radius 1 is 1.21 bits per heavy atom. The van der Waals surface area contributed by atoms with Gasteiger partial charge in [-0.15, -0.1) is 13.2 Å². The molecule has 1 N–H and O–H groups in total. The summed E-state index contributed by atoms with van der Waals surface area (Å²) in [6.45, 7) is 7.57. The SMILES string of the molecule is CCN(CC)CCNc1cccc(OC(F)(F)F)c1. The second-order valence-electron chi connectivity index (χ2n) is 4.03. The molecule has 0 radical (unpaired) electrons. The molecule has 0 atom stereocenters. The van der Waals surface area contributed by atoms with Gasteiger partial charge >= 0.3 is 6.36 Å². The zero-order chi connectivity index (χ0) is 14.3. The number of nitrogens with one attached hydrogen (secondary N) is 1. The van der Waals surface area contributed by atoms with E-state index in [2.05, 4.69) is 28.8 Å². The van der Waals surface area contributed by atoms with Crippen molar-refractivity contribution in [2.45, 2.75) is 20.2 Å². The summed E-state index contributed by atoms with van der Waals surface area (Å²) in [7, 11) is 0. The summed E-state index contributed by atoms with van der Waals surface area (Å²) in [6.07, 6.45) is -4.65. The van der Waals surface area contributed by atoms with Crippen LogP contribution in [-0.2, 0) is 0 Å². The van der Waals surface area contributed by atoms with Crippen LogP contribution in [0.5, 0.6) is 5.75 Å². The van der Waals surface area contributed by atoms with E-state index in [4.69, 9.17) is 0 Å². The highest BCUT2D eigenvalue weighted by atomic mass is 19.4. The Hall–Kier alpha value is -1.43. The molecule has 1 aromatic rings. The van der Waals surface area contributed by atoms with Gasteiger partial charge in [-0.05, 0) is 25.2 Å². The molecule has 3 nitrogen and oxygen atoms in total. The molecule has 0 bridgehead atoms. The molecule has 1 aromatic carbocycles. The number of likely N-dealkylation sites (N-methyl/N-ethyl adjacent to an activating group) is 1. The van der Waals surface area contributed by atoms with Crippen molar-refractivity contribution in [3.05, 3.63) is 24.3 Å². The topological polar surface area (TPSA) is 24.5 Å². The molecule has 19 heavy (non-hydrogen) atoms. The van der Waals surface area contributed by atoms with Gasteiger partial charge < -0.3 is 15.0 Å². The Morgan fingerprint density at radius 3 is 2.47 bits per heavy atom. The standard InChI is InChI=1S/C13H19F3N2O/c1-3-18(4-2)9-8-17-11-6-5-7-12(10-11)19-13(14,15)16/h5-7,10,17H,3-4,8-9H2,1-2H3. The summed E-state index contributed by atoms with van der Waals surface area (Å²) >= 11 is 0. The van der Waals surface area contributed by atoms with Gasteiger partial charge in [-0.1, -0.05) is 19.9 Å². The Morgan fingerprint density at radius 2 is 1.89 bits per heavy atom. The molecule has 0 aromatic heterocycles. The van der Waals surface area contributed by atoms with E-state index in [9.17, 15) is 13.2 Å². The highest BCUT2D eigenvalue weighted by molar-refractivity contribution is 5.48. The molecular formula is C13H19F3N2O. The summed E-state index contributed by atoms with van der Waals surface area (Å²) in [6, 6.07) is 5.87. The number of alkyl halides is 3. The molecule has 0 fully saturated rings. The van der Waals surface area contributed by atoms with Gasteiger partial charge in [-0.2, -0.15) is 0 Å². The molecule has 0 aliphatic rings. The number of nitrogens with zero attached hydrogens (tertiary/aromatic N) is 1.